The van der Waals surface area contributed by atoms with Crippen LogP contribution in [0.5, 0.6) is 0 Å². The summed E-state index contributed by atoms with van der Waals surface area (Å²) in [6, 6.07) is 0.343. The molecule has 0 aromatic carbocycles. The molecule has 76 valence electrons. The minimum absolute atomic E-state index is 0.110. The second-order valence-corrected chi connectivity index (χ2v) is 4.78. The van der Waals surface area contributed by atoms with Crippen molar-refractivity contribution in [3.05, 3.63) is 5.82 Å². The van der Waals surface area contributed by atoms with E-state index in [1.165, 1.54) is 12.8 Å². The van der Waals surface area contributed by atoms with E-state index in [0.29, 0.717) is 6.04 Å². The quantitative estimate of drug-likeness (QED) is 0.741. The number of nitrogens with one attached hydrogen (secondary N) is 1. The van der Waals surface area contributed by atoms with Gasteiger partial charge in [0.2, 0.25) is 0 Å². The molecule has 1 aromatic heterocycles. The van der Waals surface area contributed by atoms with Gasteiger partial charge in [0.05, 0.1) is 11.6 Å². The first-order chi connectivity index (χ1) is 6.71. The monoisotopic (exact) mass is 193 g/mol. The molecule has 2 bridgehead atoms. The fourth-order valence-corrected chi connectivity index (χ4v) is 2.67. The molecular formula is C9H15N5. The van der Waals surface area contributed by atoms with Gasteiger partial charge in [-0.3, -0.25) is 0 Å². The standard InChI is InChI=1S/C9H15N5/c1-6(2)14-8(11-12-13-14)9-3-7(4-9)5-10-9/h6-7,10H,3-5H2,1-2H3. The molecule has 1 aliphatic carbocycles. The predicted octanol–water partition coefficient (Wildman–Crippen LogP) is 0.462. The molecule has 3 fully saturated rings. The molecule has 1 aromatic rings. The van der Waals surface area contributed by atoms with Crippen LogP contribution in [-0.4, -0.2) is 26.8 Å². The Kier molecular flexibility index (Phi) is 1.51. The molecule has 3 heterocycles. The van der Waals surface area contributed by atoms with E-state index in [4.69, 9.17) is 0 Å². The molecule has 0 radical (unpaired) electrons. The highest BCUT2D eigenvalue weighted by atomic mass is 15.6. The Labute approximate surface area is 82.9 Å². The van der Waals surface area contributed by atoms with Crippen molar-refractivity contribution in [2.24, 2.45) is 5.92 Å². The number of hydrogen-bond donors (Lipinski definition) is 1. The number of rotatable bonds is 2. The molecule has 1 N–H and O–H groups in total. The van der Waals surface area contributed by atoms with E-state index in [-0.39, 0.29) is 5.54 Å². The Morgan fingerprint density at radius 1 is 1.50 bits per heavy atom. The van der Waals surface area contributed by atoms with Crippen LogP contribution < -0.4 is 5.32 Å². The largest absolute Gasteiger partial charge is 0.304 e. The Hall–Kier alpha value is -0.970. The van der Waals surface area contributed by atoms with Crippen LogP contribution in [0.3, 0.4) is 0 Å². The summed E-state index contributed by atoms with van der Waals surface area (Å²) in [6.07, 6.45) is 2.42. The number of tetrazole rings is 1. The summed E-state index contributed by atoms with van der Waals surface area (Å²) in [6.45, 7) is 5.36. The topological polar surface area (TPSA) is 55.6 Å². The van der Waals surface area contributed by atoms with Gasteiger partial charge in [0.15, 0.2) is 5.82 Å². The van der Waals surface area contributed by atoms with Crippen LogP contribution >= 0.6 is 0 Å². The third-order valence-corrected chi connectivity index (χ3v) is 3.41. The number of hydrogen-bond acceptors (Lipinski definition) is 4. The summed E-state index contributed by atoms with van der Waals surface area (Å²) in [5, 5.41) is 15.5. The molecule has 0 spiro atoms. The molecule has 0 amide bonds. The van der Waals surface area contributed by atoms with E-state index in [9.17, 15) is 0 Å². The van der Waals surface area contributed by atoms with Crippen LogP contribution in [0.1, 0.15) is 38.6 Å². The van der Waals surface area contributed by atoms with Gasteiger partial charge in [-0.1, -0.05) is 0 Å². The molecule has 0 atom stereocenters. The van der Waals surface area contributed by atoms with Crippen molar-refractivity contribution in [3.8, 4) is 0 Å². The minimum Gasteiger partial charge on any atom is -0.304 e. The minimum atomic E-state index is 0.110. The van der Waals surface area contributed by atoms with Gasteiger partial charge >= 0.3 is 0 Å². The summed E-state index contributed by atoms with van der Waals surface area (Å²) >= 11 is 0. The Bertz CT molecular complexity index is 344. The lowest BCUT2D eigenvalue weighted by molar-refractivity contribution is 0.202. The van der Waals surface area contributed by atoms with Crippen LogP contribution in [0.4, 0.5) is 0 Å². The zero-order valence-corrected chi connectivity index (χ0v) is 8.56. The van der Waals surface area contributed by atoms with Gasteiger partial charge in [0, 0.05) is 0 Å². The van der Waals surface area contributed by atoms with E-state index >= 15 is 0 Å². The van der Waals surface area contributed by atoms with Crippen LogP contribution in [0.15, 0.2) is 0 Å². The fourth-order valence-electron chi connectivity index (χ4n) is 2.67. The van der Waals surface area contributed by atoms with Crippen molar-refractivity contribution in [1.29, 1.82) is 0 Å². The lowest BCUT2D eigenvalue weighted by Gasteiger charge is -2.36. The number of fused-ring (bicyclic) bond motifs is 1. The maximum Gasteiger partial charge on any atom is 0.171 e. The first-order valence-corrected chi connectivity index (χ1v) is 5.25. The van der Waals surface area contributed by atoms with Crippen molar-refractivity contribution in [2.75, 3.05) is 6.54 Å². The Balaban J connectivity index is 2.00. The predicted molar refractivity (Wildman–Crippen MR) is 50.6 cm³/mol. The maximum absolute atomic E-state index is 4.17. The first-order valence-electron chi connectivity index (χ1n) is 5.25. The van der Waals surface area contributed by atoms with Crippen molar-refractivity contribution >= 4 is 0 Å². The van der Waals surface area contributed by atoms with Gasteiger partial charge in [-0.05, 0) is 49.6 Å². The van der Waals surface area contributed by atoms with Crippen molar-refractivity contribution in [2.45, 2.75) is 38.3 Å². The number of nitrogens with zero attached hydrogens (tertiary/aromatic N) is 4. The fraction of sp³-hybridized carbons (Fsp3) is 0.889. The molecular weight excluding hydrogens is 178 g/mol. The Morgan fingerprint density at radius 2 is 2.29 bits per heavy atom. The highest BCUT2D eigenvalue weighted by Gasteiger charge is 2.54. The molecule has 2 aliphatic heterocycles. The van der Waals surface area contributed by atoms with Crippen molar-refractivity contribution < 1.29 is 0 Å². The Morgan fingerprint density at radius 3 is 2.86 bits per heavy atom. The summed E-state index contributed by atoms with van der Waals surface area (Å²) in [5.41, 5.74) is 0.110. The summed E-state index contributed by atoms with van der Waals surface area (Å²) in [5.74, 6) is 1.88. The smallest absolute Gasteiger partial charge is 0.171 e. The molecule has 5 heteroatoms. The van der Waals surface area contributed by atoms with Crippen molar-refractivity contribution in [1.82, 2.24) is 25.5 Å². The zero-order chi connectivity index (χ0) is 9.76. The van der Waals surface area contributed by atoms with E-state index in [2.05, 4.69) is 34.7 Å². The van der Waals surface area contributed by atoms with Gasteiger partial charge in [-0.25, -0.2) is 4.68 Å². The van der Waals surface area contributed by atoms with Crippen LogP contribution in [-0.2, 0) is 5.54 Å². The van der Waals surface area contributed by atoms with Gasteiger partial charge in [-0.2, -0.15) is 0 Å². The molecule has 2 saturated heterocycles. The molecule has 1 saturated carbocycles. The molecule has 14 heavy (non-hydrogen) atoms. The van der Waals surface area contributed by atoms with E-state index in [1.807, 2.05) is 4.68 Å². The summed E-state index contributed by atoms with van der Waals surface area (Å²) < 4.78 is 1.94. The average molecular weight is 193 g/mol. The maximum atomic E-state index is 4.17. The van der Waals surface area contributed by atoms with Crippen LogP contribution in [0, 0.1) is 5.92 Å². The highest BCUT2D eigenvalue weighted by molar-refractivity contribution is 5.18. The van der Waals surface area contributed by atoms with E-state index in [1.54, 1.807) is 0 Å². The lowest BCUT2D eigenvalue weighted by Crippen LogP contribution is -2.43. The highest BCUT2D eigenvalue weighted by Crippen LogP contribution is 2.49. The SMILES string of the molecule is CC(C)n1nnnc1C12CC(CN1)C2. The van der Waals surface area contributed by atoms with Gasteiger partial charge in [-0.15, -0.1) is 5.10 Å². The molecule has 0 unspecified atom stereocenters. The van der Waals surface area contributed by atoms with Crippen molar-refractivity contribution in [3.63, 3.8) is 0 Å². The van der Waals surface area contributed by atoms with E-state index in [0.717, 1.165) is 18.3 Å². The van der Waals surface area contributed by atoms with Gasteiger partial charge < -0.3 is 5.32 Å². The molecule has 5 nitrogen and oxygen atoms in total. The first kappa shape index (κ1) is 8.35. The van der Waals surface area contributed by atoms with Crippen LogP contribution in [0.2, 0.25) is 0 Å². The van der Waals surface area contributed by atoms with Crippen LogP contribution in [0.25, 0.3) is 0 Å². The van der Waals surface area contributed by atoms with E-state index < -0.39 is 0 Å². The third-order valence-electron chi connectivity index (χ3n) is 3.41. The molecule has 4 rings (SSSR count). The second-order valence-electron chi connectivity index (χ2n) is 4.78. The zero-order valence-electron chi connectivity index (χ0n) is 8.56. The second kappa shape index (κ2) is 2.53. The average Bonchev–Trinajstić information content (AvgIpc) is 2.76. The number of aromatic nitrogens is 4. The summed E-state index contributed by atoms with van der Waals surface area (Å²) in [7, 11) is 0. The summed E-state index contributed by atoms with van der Waals surface area (Å²) in [4.78, 5) is 0. The van der Waals surface area contributed by atoms with Gasteiger partial charge in [0.25, 0.3) is 0 Å². The molecule has 3 aliphatic rings. The van der Waals surface area contributed by atoms with Gasteiger partial charge in [0.1, 0.15) is 0 Å². The normalized spacial score (nSPS) is 34.9. The third kappa shape index (κ3) is 0.904. The lowest BCUT2D eigenvalue weighted by atomic mass is 9.73.